The zero-order valence-corrected chi connectivity index (χ0v) is 13.0. The molecule has 2 nitrogen and oxygen atoms in total. The molecular formula is C16H14ClFN2S. The second-order valence-electron chi connectivity index (χ2n) is 4.70. The monoisotopic (exact) mass is 320 g/mol. The van der Waals surface area contributed by atoms with Gasteiger partial charge < -0.3 is 10.3 Å². The molecule has 21 heavy (non-hydrogen) atoms. The summed E-state index contributed by atoms with van der Waals surface area (Å²) >= 11 is 7.88. The van der Waals surface area contributed by atoms with Crippen molar-refractivity contribution in [2.75, 3.05) is 7.05 Å². The maximum absolute atomic E-state index is 13.4. The predicted octanol–water partition coefficient (Wildman–Crippen LogP) is 4.83. The van der Waals surface area contributed by atoms with Gasteiger partial charge in [0.25, 0.3) is 0 Å². The Hall–Kier alpha value is -1.49. The minimum absolute atomic E-state index is 0.221. The van der Waals surface area contributed by atoms with E-state index in [1.54, 1.807) is 17.8 Å². The molecule has 2 N–H and O–H groups in total. The van der Waals surface area contributed by atoms with Gasteiger partial charge >= 0.3 is 0 Å². The summed E-state index contributed by atoms with van der Waals surface area (Å²) in [4.78, 5) is 5.28. The van der Waals surface area contributed by atoms with Crippen molar-refractivity contribution in [3.05, 3.63) is 59.0 Å². The summed E-state index contributed by atoms with van der Waals surface area (Å²) in [5.41, 5.74) is 1.94. The minimum atomic E-state index is -0.221. The molecule has 0 unspecified atom stereocenters. The number of rotatable bonds is 4. The van der Waals surface area contributed by atoms with Crippen molar-refractivity contribution >= 4 is 34.3 Å². The first-order chi connectivity index (χ1) is 10.2. The van der Waals surface area contributed by atoms with Gasteiger partial charge in [0.2, 0.25) is 0 Å². The van der Waals surface area contributed by atoms with E-state index in [0.717, 1.165) is 26.3 Å². The van der Waals surface area contributed by atoms with E-state index in [-0.39, 0.29) is 5.82 Å². The highest BCUT2D eigenvalue weighted by molar-refractivity contribution is 7.99. The van der Waals surface area contributed by atoms with Gasteiger partial charge in [-0.15, -0.1) is 0 Å². The topological polar surface area (TPSA) is 27.8 Å². The number of fused-ring (bicyclic) bond motifs is 1. The maximum atomic E-state index is 13.4. The fraction of sp³-hybridized carbons (Fsp3) is 0.125. The summed E-state index contributed by atoms with van der Waals surface area (Å²) in [6.07, 6.45) is 1.94. The van der Waals surface area contributed by atoms with Crippen molar-refractivity contribution in [1.82, 2.24) is 10.3 Å². The SMILES string of the molecule is CNCc1cc(F)ccc1Sc1c[nH]c2cccc(Cl)c12. The van der Waals surface area contributed by atoms with Gasteiger partial charge in [-0.1, -0.05) is 29.4 Å². The molecule has 0 aliphatic carbocycles. The number of aromatic amines is 1. The molecule has 5 heteroatoms. The highest BCUT2D eigenvalue weighted by Crippen LogP contribution is 2.38. The molecule has 1 aromatic heterocycles. The second-order valence-corrected chi connectivity index (χ2v) is 6.19. The van der Waals surface area contributed by atoms with Gasteiger partial charge in [0.1, 0.15) is 5.82 Å². The Labute approximate surface area is 131 Å². The quantitative estimate of drug-likeness (QED) is 0.720. The van der Waals surface area contributed by atoms with Gasteiger partial charge in [0.05, 0.1) is 5.02 Å². The Kier molecular flexibility index (Phi) is 4.19. The van der Waals surface area contributed by atoms with Crippen LogP contribution in [0.2, 0.25) is 5.02 Å². The molecule has 2 aromatic carbocycles. The van der Waals surface area contributed by atoms with Crippen LogP contribution >= 0.6 is 23.4 Å². The number of H-pyrrole nitrogens is 1. The highest BCUT2D eigenvalue weighted by atomic mass is 35.5. The third-order valence-electron chi connectivity index (χ3n) is 3.23. The third kappa shape index (κ3) is 2.93. The molecule has 1 heterocycles. The van der Waals surface area contributed by atoms with Crippen LogP contribution in [0.4, 0.5) is 4.39 Å². The Balaban J connectivity index is 2.03. The Bertz CT molecular complexity index is 785. The third-order valence-corrected chi connectivity index (χ3v) is 4.70. The molecule has 0 saturated carbocycles. The lowest BCUT2D eigenvalue weighted by Gasteiger charge is -2.09. The van der Waals surface area contributed by atoms with Gasteiger partial charge in [-0.2, -0.15) is 0 Å². The van der Waals surface area contributed by atoms with Gasteiger partial charge in [0.15, 0.2) is 0 Å². The molecule has 0 amide bonds. The van der Waals surface area contributed by atoms with Crippen LogP contribution in [0.3, 0.4) is 0 Å². The standard InChI is InChI=1S/C16H14ClFN2S/c1-19-8-10-7-11(18)5-6-14(10)21-15-9-20-13-4-2-3-12(17)16(13)15/h2-7,9,19-20H,8H2,1H3. The van der Waals surface area contributed by atoms with E-state index >= 15 is 0 Å². The number of hydrogen-bond donors (Lipinski definition) is 2. The summed E-state index contributed by atoms with van der Waals surface area (Å²) in [6, 6.07) is 10.6. The second kappa shape index (κ2) is 6.10. The predicted molar refractivity (Wildman–Crippen MR) is 86.6 cm³/mol. The first-order valence-corrected chi connectivity index (χ1v) is 7.75. The van der Waals surface area contributed by atoms with Gasteiger partial charge in [-0.05, 0) is 42.9 Å². The van der Waals surface area contributed by atoms with Crippen LogP contribution in [0, 0.1) is 5.82 Å². The highest BCUT2D eigenvalue weighted by Gasteiger charge is 2.11. The number of benzene rings is 2. The molecule has 3 aromatic rings. The van der Waals surface area contributed by atoms with E-state index in [2.05, 4.69) is 10.3 Å². The van der Waals surface area contributed by atoms with Crippen molar-refractivity contribution in [2.45, 2.75) is 16.3 Å². The molecule has 0 fully saturated rings. The van der Waals surface area contributed by atoms with E-state index in [9.17, 15) is 4.39 Å². The van der Waals surface area contributed by atoms with Crippen LogP contribution in [0.25, 0.3) is 10.9 Å². The van der Waals surface area contributed by atoms with Crippen molar-refractivity contribution in [3.63, 3.8) is 0 Å². The molecule has 0 radical (unpaired) electrons. The van der Waals surface area contributed by atoms with Crippen LogP contribution in [0.5, 0.6) is 0 Å². The number of aromatic nitrogens is 1. The van der Waals surface area contributed by atoms with Crippen LogP contribution in [-0.2, 0) is 6.54 Å². The molecular weight excluding hydrogens is 307 g/mol. The van der Waals surface area contributed by atoms with Crippen molar-refractivity contribution in [1.29, 1.82) is 0 Å². The van der Waals surface area contributed by atoms with E-state index in [1.807, 2.05) is 37.5 Å². The first kappa shape index (κ1) is 14.4. The molecule has 108 valence electrons. The zero-order valence-electron chi connectivity index (χ0n) is 11.4. The van der Waals surface area contributed by atoms with Gasteiger partial charge in [-0.25, -0.2) is 4.39 Å². The summed E-state index contributed by atoms with van der Waals surface area (Å²) in [5, 5.41) is 4.79. The summed E-state index contributed by atoms with van der Waals surface area (Å²) in [7, 11) is 1.85. The van der Waals surface area contributed by atoms with Gasteiger partial charge in [0, 0.05) is 33.4 Å². The van der Waals surface area contributed by atoms with Crippen molar-refractivity contribution in [2.24, 2.45) is 0 Å². The van der Waals surface area contributed by atoms with E-state index in [1.165, 1.54) is 6.07 Å². The first-order valence-electron chi connectivity index (χ1n) is 6.55. The van der Waals surface area contributed by atoms with Crippen LogP contribution < -0.4 is 5.32 Å². The lowest BCUT2D eigenvalue weighted by atomic mass is 10.2. The smallest absolute Gasteiger partial charge is 0.123 e. The average molecular weight is 321 g/mol. The summed E-state index contributed by atoms with van der Waals surface area (Å²) in [6.45, 7) is 0.621. The number of nitrogens with one attached hydrogen (secondary N) is 2. The normalized spacial score (nSPS) is 11.2. The molecule has 0 spiro atoms. The van der Waals surface area contributed by atoms with Crippen LogP contribution in [0.1, 0.15) is 5.56 Å². The van der Waals surface area contributed by atoms with Crippen molar-refractivity contribution < 1.29 is 4.39 Å². The summed E-state index contributed by atoms with van der Waals surface area (Å²) < 4.78 is 13.4. The van der Waals surface area contributed by atoms with Crippen LogP contribution in [-0.4, -0.2) is 12.0 Å². The number of halogens is 2. The molecule has 0 bridgehead atoms. The van der Waals surface area contributed by atoms with E-state index < -0.39 is 0 Å². The average Bonchev–Trinajstić information content (AvgIpc) is 2.87. The molecule has 0 saturated heterocycles. The van der Waals surface area contributed by atoms with Crippen LogP contribution in [0.15, 0.2) is 52.4 Å². The molecule has 0 aliphatic heterocycles. The molecule has 3 rings (SSSR count). The number of hydrogen-bond acceptors (Lipinski definition) is 2. The Morgan fingerprint density at radius 3 is 2.90 bits per heavy atom. The maximum Gasteiger partial charge on any atom is 0.123 e. The van der Waals surface area contributed by atoms with E-state index in [4.69, 9.17) is 11.6 Å². The minimum Gasteiger partial charge on any atom is -0.360 e. The largest absolute Gasteiger partial charge is 0.360 e. The lowest BCUT2D eigenvalue weighted by Crippen LogP contribution is -2.06. The fourth-order valence-electron chi connectivity index (χ4n) is 2.29. The lowest BCUT2D eigenvalue weighted by molar-refractivity contribution is 0.621. The molecule has 0 atom stereocenters. The summed E-state index contributed by atoms with van der Waals surface area (Å²) in [5.74, 6) is -0.221. The van der Waals surface area contributed by atoms with Crippen molar-refractivity contribution in [3.8, 4) is 0 Å². The molecule has 0 aliphatic rings. The fourth-order valence-corrected chi connectivity index (χ4v) is 3.69. The zero-order chi connectivity index (χ0) is 14.8. The Morgan fingerprint density at radius 2 is 2.10 bits per heavy atom. The van der Waals surface area contributed by atoms with E-state index in [0.29, 0.717) is 11.6 Å². The van der Waals surface area contributed by atoms with Gasteiger partial charge in [-0.3, -0.25) is 0 Å². The Morgan fingerprint density at radius 1 is 1.24 bits per heavy atom.